The number of amides is 1. The van der Waals surface area contributed by atoms with Crippen LogP contribution in [0.1, 0.15) is 51.5 Å². The first kappa shape index (κ1) is 18.8. The van der Waals surface area contributed by atoms with Gasteiger partial charge in [0.1, 0.15) is 5.75 Å². The SMILES string of the molecule is CC[C@@H]1CCCCN1CCCNC(=O)[C@H](C)Oc1ccccc1C. The van der Waals surface area contributed by atoms with Crippen molar-refractivity contribution in [3.05, 3.63) is 29.8 Å². The van der Waals surface area contributed by atoms with Crippen LogP contribution >= 0.6 is 0 Å². The van der Waals surface area contributed by atoms with E-state index in [-0.39, 0.29) is 5.91 Å². The van der Waals surface area contributed by atoms with Gasteiger partial charge >= 0.3 is 0 Å². The van der Waals surface area contributed by atoms with E-state index in [1.807, 2.05) is 31.2 Å². The molecule has 0 radical (unpaired) electrons. The maximum atomic E-state index is 12.2. The minimum atomic E-state index is -0.468. The van der Waals surface area contributed by atoms with Crippen LogP contribution < -0.4 is 10.1 Å². The van der Waals surface area contributed by atoms with Crippen molar-refractivity contribution in [2.24, 2.45) is 0 Å². The van der Waals surface area contributed by atoms with Crippen LogP contribution in [-0.2, 0) is 4.79 Å². The van der Waals surface area contributed by atoms with Crippen molar-refractivity contribution < 1.29 is 9.53 Å². The third kappa shape index (κ3) is 5.52. The zero-order valence-corrected chi connectivity index (χ0v) is 15.4. The first-order valence-electron chi connectivity index (χ1n) is 9.36. The van der Waals surface area contributed by atoms with Crippen LogP contribution in [0.25, 0.3) is 0 Å². The summed E-state index contributed by atoms with van der Waals surface area (Å²) >= 11 is 0. The summed E-state index contributed by atoms with van der Waals surface area (Å²) in [5, 5.41) is 3.00. The fourth-order valence-electron chi connectivity index (χ4n) is 3.39. The number of nitrogens with zero attached hydrogens (tertiary/aromatic N) is 1. The number of aryl methyl sites for hydroxylation is 1. The van der Waals surface area contributed by atoms with Crippen LogP contribution in [0, 0.1) is 6.92 Å². The predicted octanol–water partition coefficient (Wildman–Crippen LogP) is 3.53. The van der Waals surface area contributed by atoms with E-state index >= 15 is 0 Å². The van der Waals surface area contributed by atoms with Gasteiger partial charge in [-0.05, 0) is 57.7 Å². The van der Waals surface area contributed by atoms with Crippen molar-refractivity contribution in [1.29, 1.82) is 0 Å². The largest absolute Gasteiger partial charge is 0.481 e. The summed E-state index contributed by atoms with van der Waals surface area (Å²) in [6.45, 7) is 9.07. The molecule has 1 aliphatic heterocycles. The second-order valence-corrected chi connectivity index (χ2v) is 6.76. The average molecular weight is 332 g/mol. The van der Waals surface area contributed by atoms with Crippen LogP contribution in [0.15, 0.2) is 24.3 Å². The predicted molar refractivity (Wildman–Crippen MR) is 98.4 cm³/mol. The number of para-hydroxylation sites is 1. The first-order chi connectivity index (χ1) is 11.6. The lowest BCUT2D eigenvalue weighted by Crippen LogP contribution is -2.41. The van der Waals surface area contributed by atoms with Crippen LogP contribution in [0.4, 0.5) is 0 Å². The van der Waals surface area contributed by atoms with E-state index in [9.17, 15) is 4.79 Å². The van der Waals surface area contributed by atoms with Crippen molar-refractivity contribution in [2.45, 2.75) is 65.0 Å². The summed E-state index contributed by atoms with van der Waals surface area (Å²) in [7, 11) is 0. The first-order valence-corrected chi connectivity index (χ1v) is 9.36. The number of ether oxygens (including phenoxy) is 1. The molecule has 1 aromatic rings. The number of benzene rings is 1. The Balaban J connectivity index is 1.68. The molecule has 0 spiro atoms. The maximum Gasteiger partial charge on any atom is 0.260 e. The second kappa shape index (κ2) is 9.67. The Morgan fingerprint density at radius 1 is 1.38 bits per heavy atom. The zero-order valence-electron chi connectivity index (χ0n) is 15.4. The molecule has 2 atom stereocenters. The molecule has 1 aromatic carbocycles. The maximum absolute atomic E-state index is 12.2. The normalized spacial score (nSPS) is 19.7. The minimum Gasteiger partial charge on any atom is -0.481 e. The summed E-state index contributed by atoms with van der Waals surface area (Å²) in [5.74, 6) is 0.739. The van der Waals surface area contributed by atoms with E-state index in [0.29, 0.717) is 6.54 Å². The molecular formula is C20H32N2O2. The second-order valence-electron chi connectivity index (χ2n) is 6.76. The van der Waals surface area contributed by atoms with Crippen molar-refractivity contribution in [1.82, 2.24) is 10.2 Å². The van der Waals surface area contributed by atoms with E-state index in [2.05, 4.69) is 17.1 Å². The molecule has 0 saturated carbocycles. The Kier molecular flexibility index (Phi) is 7.57. The van der Waals surface area contributed by atoms with Crippen LogP contribution in [0.3, 0.4) is 0 Å². The van der Waals surface area contributed by atoms with E-state index < -0.39 is 6.10 Å². The van der Waals surface area contributed by atoms with E-state index in [4.69, 9.17) is 4.74 Å². The molecule has 134 valence electrons. The number of likely N-dealkylation sites (tertiary alicyclic amines) is 1. The lowest BCUT2D eigenvalue weighted by Gasteiger charge is -2.35. The standard InChI is InChI=1S/C20H32N2O2/c1-4-18-11-7-8-14-22(18)15-9-13-21-20(23)17(3)24-19-12-6-5-10-16(19)2/h5-6,10,12,17-18H,4,7-9,11,13-15H2,1-3H3,(H,21,23)/t17-,18+/m0/s1. The number of carbonyl (C=O) groups excluding carboxylic acids is 1. The number of piperidine rings is 1. The summed E-state index contributed by atoms with van der Waals surface area (Å²) in [6.07, 6.45) is 5.75. The van der Waals surface area contributed by atoms with Gasteiger partial charge in [0.25, 0.3) is 5.91 Å². The van der Waals surface area contributed by atoms with Gasteiger partial charge in [0.2, 0.25) is 0 Å². The molecule has 1 heterocycles. The van der Waals surface area contributed by atoms with E-state index in [1.165, 1.54) is 32.2 Å². The Bertz CT molecular complexity index is 518. The van der Waals surface area contributed by atoms with E-state index in [0.717, 1.165) is 30.3 Å². The van der Waals surface area contributed by atoms with Gasteiger partial charge in [-0.15, -0.1) is 0 Å². The monoisotopic (exact) mass is 332 g/mol. The molecule has 4 nitrogen and oxygen atoms in total. The van der Waals surface area contributed by atoms with Gasteiger partial charge in [-0.25, -0.2) is 0 Å². The van der Waals surface area contributed by atoms with Gasteiger partial charge in [0.05, 0.1) is 0 Å². The highest BCUT2D eigenvalue weighted by atomic mass is 16.5. The number of rotatable bonds is 8. The van der Waals surface area contributed by atoms with E-state index in [1.54, 1.807) is 6.92 Å². The van der Waals surface area contributed by atoms with Crippen molar-refractivity contribution in [3.63, 3.8) is 0 Å². The average Bonchev–Trinajstić information content (AvgIpc) is 2.60. The third-order valence-electron chi connectivity index (χ3n) is 4.91. The Labute approximate surface area is 146 Å². The van der Waals surface area contributed by atoms with Crippen LogP contribution in [0.2, 0.25) is 0 Å². The molecule has 0 bridgehead atoms. The lowest BCUT2D eigenvalue weighted by molar-refractivity contribution is -0.127. The van der Waals surface area contributed by atoms with Gasteiger partial charge in [-0.3, -0.25) is 4.79 Å². The minimum absolute atomic E-state index is 0.0380. The van der Waals surface area contributed by atoms with Crippen molar-refractivity contribution >= 4 is 5.91 Å². The zero-order chi connectivity index (χ0) is 17.4. The third-order valence-corrected chi connectivity index (χ3v) is 4.91. The Morgan fingerprint density at radius 3 is 2.92 bits per heavy atom. The number of carbonyl (C=O) groups is 1. The van der Waals surface area contributed by atoms with Gasteiger partial charge in [-0.1, -0.05) is 31.5 Å². The molecule has 1 saturated heterocycles. The fraction of sp³-hybridized carbons (Fsp3) is 0.650. The highest BCUT2D eigenvalue weighted by Gasteiger charge is 2.20. The molecule has 1 amide bonds. The highest BCUT2D eigenvalue weighted by Crippen LogP contribution is 2.19. The number of hydrogen-bond donors (Lipinski definition) is 1. The number of hydrogen-bond acceptors (Lipinski definition) is 3. The highest BCUT2D eigenvalue weighted by molar-refractivity contribution is 5.80. The lowest BCUT2D eigenvalue weighted by atomic mass is 10.00. The van der Waals surface area contributed by atoms with Crippen molar-refractivity contribution in [3.8, 4) is 5.75 Å². The Morgan fingerprint density at radius 2 is 2.17 bits per heavy atom. The van der Waals surface area contributed by atoms with Crippen molar-refractivity contribution in [2.75, 3.05) is 19.6 Å². The summed E-state index contributed by atoms with van der Waals surface area (Å²) in [5.41, 5.74) is 1.05. The summed E-state index contributed by atoms with van der Waals surface area (Å²) in [6, 6.07) is 8.52. The molecule has 0 aromatic heterocycles. The number of nitrogens with one attached hydrogen (secondary N) is 1. The molecule has 2 rings (SSSR count). The molecule has 4 heteroatoms. The fourth-order valence-corrected chi connectivity index (χ4v) is 3.39. The summed E-state index contributed by atoms with van der Waals surface area (Å²) < 4.78 is 5.77. The molecule has 0 aliphatic carbocycles. The molecule has 1 fully saturated rings. The summed E-state index contributed by atoms with van der Waals surface area (Å²) in [4.78, 5) is 14.8. The molecule has 24 heavy (non-hydrogen) atoms. The van der Waals surface area contributed by atoms with Gasteiger partial charge in [-0.2, -0.15) is 0 Å². The molecule has 0 unspecified atom stereocenters. The molecule has 1 aliphatic rings. The van der Waals surface area contributed by atoms with Gasteiger partial charge in [0.15, 0.2) is 6.10 Å². The van der Waals surface area contributed by atoms with Gasteiger partial charge < -0.3 is 15.0 Å². The molecule has 1 N–H and O–H groups in total. The molecular weight excluding hydrogens is 300 g/mol. The quantitative estimate of drug-likeness (QED) is 0.741. The van der Waals surface area contributed by atoms with Crippen LogP contribution in [-0.4, -0.2) is 42.6 Å². The van der Waals surface area contributed by atoms with Gasteiger partial charge in [0, 0.05) is 19.1 Å². The van der Waals surface area contributed by atoms with Crippen LogP contribution in [0.5, 0.6) is 5.75 Å². The topological polar surface area (TPSA) is 41.6 Å². The smallest absolute Gasteiger partial charge is 0.260 e. The Hall–Kier alpha value is -1.55.